The van der Waals surface area contributed by atoms with Crippen LogP contribution in [0.15, 0.2) is 42.5 Å². The molecular formula is C16H14Cl2N4O. The van der Waals surface area contributed by atoms with Crippen LogP contribution in [0.1, 0.15) is 0 Å². The number of aryl methyl sites for hydroxylation is 1. The third kappa shape index (κ3) is 2.85. The van der Waals surface area contributed by atoms with E-state index in [2.05, 4.69) is 5.32 Å². The summed E-state index contributed by atoms with van der Waals surface area (Å²) in [7, 11) is 1.80. The lowest BCUT2D eigenvalue weighted by Crippen LogP contribution is -2.28. The maximum Gasteiger partial charge on any atom is 0.244 e. The van der Waals surface area contributed by atoms with Crippen molar-refractivity contribution in [3.05, 3.63) is 58.1 Å². The van der Waals surface area contributed by atoms with Crippen LogP contribution in [0.25, 0.3) is 11.0 Å². The highest BCUT2D eigenvalue weighted by Crippen LogP contribution is 2.29. The highest BCUT2D eigenvalue weighted by atomic mass is 35.5. The van der Waals surface area contributed by atoms with Gasteiger partial charge in [0, 0.05) is 7.05 Å². The number of hydrogen-bond donors (Lipinski definition) is 2. The molecule has 0 aliphatic carbocycles. The van der Waals surface area contributed by atoms with E-state index < -0.39 is 0 Å². The number of rotatable bonds is 3. The van der Waals surface area contributed by atoms with Gasteiger partial charge in [-0.15, -0.1) is 0 Å². The maximum absolute atomic E-state index is 12.3. The third-order valence-electron chi connectivity index (χ3n) is 3.64. The Morgan fingerprint density at radius 3 is 2.35 bits per heavy atom. The molecule has 0 fully saturated rings. The molecule has 0 aliphatic rings. The Morgan fingerprint density at radius 2 is 1.70 bits per heavy atom. The Bertz CT molecular complexity index is 938. The zero-order valence-electron chi connectivity index (χ0n) is 12.3. The highest BCUT2D eigenvalue weighted by Gasteiger charge is 2.13. The van der Waals surface area contributed by atoms with Crippen molar-refractivity contribution >= 4 is 45.8 Å². The van der Waals surface area contributed by atoms with Gasteiger partial charge in [-0.3, -0.25) is 10.2 Å². The standard InChI is InChI=1S/C16H14Cl2N4O/c1-21-12-7-2-3-8-13(12)22(16(21)19)9-14(23)20-15-10(17)5-4-6-11(15)18/h2-8,19H,9H2,1H3,(H,20,23). The average molecular weight is 349 g/mol. The van der Waals surface area contributed by atoms with Crippen molar-refractivity contribution in [1.82, 2.24) is 9.13 Å². The molecule has 0 radical (unpaired) electrons. The first-order chi connectivity index (χ1) is 11.0. The zero-order valence-corrected chi connectivity index (χ0v) is 13.8. The number of imidazole rings is 1. The van der Waals surface area contributed by atoms with Crippen LogP contribution in [0.3, 0.4) is 0 Å². The molecule has 118 valence electrons. The summed E-state index contributed by atoms with van der Waals surface area (Å²) in [5, 5.41) is 11.6. The molecule has 0 saturated heterocycles. The minimum atomic E-state index is -0.296. The van der Waals surface area contributed by atoms with E-state index in [4.69, 9.17) is 28.6 Å². The molecule has 2 N–H and O–H groups in total. The third-order valence-corrected chi connectivity index (χ3v) is 4.27. The largest absolute Gasteiger partial charge is 0.322 e. The van der Waals surface area contributed by atoms with Crippen molar-refractivity contribution in [3.63, 3.8) is 0 Å². The van der Waals surface area contributed by atoms with Crippen molar-refractivity contribution in [2.75, 3.05) is 5.32 Å². The second-order valence-corrected chi connectivity index (χ2v) is 5.92. The Balaban J connectivity index is 1.93. The summed E-state index contributed by atoms with van der Waals surface area (Å²) >= 11 is 12.1. The summed E-state index contributed by atoms with van der Waals surface area (Å²) in [5.74, 6) is -0.296. The lowest BCUT2D eigenvalue weighted by molar-refractivity contribution is -0.116. The lowest BCUT2D eigenvalue weighted by Gasteiger charge is -2.10. The van der Waals surface area contributed by atoms with Gasteiger partial charge in [0.1, 0.15) is 6.54 Å². The molecule has 2 aromatic carbocycles. The average Bonchev–Trinajstić information content (AvgIpc) is 2.77. The fraction of sp³-hybridized carbons (Fsp3) is 0.125. The van der Waals surface area contributed by atoms with Crippen LogP contribution >= 0.6 is 23.2 Å². The van der Waals surface area contributed by atoms with Gasteiger partial charge in [-0.1, -0.05) is 41.4 Å². The van der Waals surface area contributed by atoms with Crippen molar-refractivity contribution < 1.29 is 4.79 Å². The number of amides is 1. The van der Waals surface area contributed by atoms with Crippen molar-refractivity contribution in [2.45, 2.75) is 6.54 Å². The summed E-state index contributed by atoms with van der Waals surface area (Å²) in [6, 6.07) is 12.6. The number of fused-ring (bicyclic) bond motifs is 1. The van der Waals surface area contributed by atoms with Crippen LogP contribution in [-0.4, -0.2) is 15.0 Å². The van der Waals surface area contributed by atoms with Gasteiger partial charge in [0.25, 0.3) is 0 Å². The van der Waals surface area contributed by atoms with E-state index in [1.54, 1.807) is 34.4 Å². The molecule has 0 bridgehead atoms. The van der Waals surface area contributed by atoms with Gasteiger partial charge in [-0.05, 0) is 24.3 Å². The second kappa shape index (κ2) is 6.10. The first-order valence-electron chi connectivity index (χ1n) is 6.91. The summed E-state index contributed by atoms with van der Waals surface area (Å²) in [6.07, 6.45) is 0. The Labute approximate surface area is 142 Å². The number of nitrogens with zero attached hydrogens (tertiary/aromatic N) is 2. The number of hydrogen-bond acceptors (Lipinski definition) is 2. The van der Waals surface area contributed by atoms with Gasteiger partial charge >= 0.3 is 0 Å². The predicted octanol–water partition coefficient (Wildman–Crippen LogP) is 3.40. The molecule has 3 rings (SSSR count). The molecule has 3 aromatic rings. The number of para-hydroxylation sites is 3. The topological polar surface area (TPSA) is 62.8 Å². The summed E-state index contributed by atoms with van der Waals surface area (Å²) in [4.78, 5) is 12.3. The van der Waals surface area contributed by atoms with Crippen LogP contribution < -0.4 is 10.9 Å². The molecule has 1 aromatic heterocycles. The van der Waals surface area contributed by atoms with Crippen LogP contribution in [-0.2, 0) is 18.4 Å². The number of halogens is 2. The first kappa shape index (κ1) is 15.6. The summed E-state index contributed by atoms with van der Waals surface area (Å²) < 4.78 is 3.36. The fourth-order valence-corrected chi connectivity index (χ4v) is 2.98. The minimum absolute atomic E-state index is 0.00172. The van der Waals surface area contributed by atoms with E-state index >= 15 is 0 Å². The first-order valence-corrected chi connectivity index (χ1v) is 7.67. The van der Waals surface area contributed by atoms with E-state index in [0.29, 0.717) is 15.7 Å². The monoisotopic (exact) mass is 348 g/mol. The number of nitrogens with one attached hydrogen (secondary N) is 2. The zero-order chi connectivity index (χ0) is 16.6. The smallest absolute Gasteiger partial charge is 0.244 e. The Kier molecular flexibility index (Phi) is 4.15. The lowest BCUT2D eigenvalue weighted by atomic mass is 10.3. The molecule has 0 saturated carbocycles. The van der Waals surface area contributed by atoms with E-state index in [1.807, 2.05) is 24.3 Å². The number of benzene rings is 2. The van der Waals surface area contributed by atoms with Gasteiger partial charge in [-0.2, -0.15) is 0 Å². The Morgan fingerprint density at radius 1 is 1.09 bits per heavy atom. The Hall–Kier alpha value is -2.24. The number of aromatic nitrogens is 2. The maximum atomic E-state index is 12.3. The fourth-order valence-electron chi connectivity index (χ4n) is 2.49. The van der Waals surface area contributed by atoms with Crippen molar-refractivity contribution in [1.29, 1.82) is 5.41 Å². The molecule has 0 aliphatic heterocycles. The molecular weight excluding hydrogens is 335 g/mol. The summed E-state index contributed by atoms with van der Waals surface area (Å²) in [6.45, 7) is 0.00172. The molecule has 1 amide bonds. The molecule has 1 heterocycles. The number of carbonyl (C=O) groups is 1. The molecule has 7 heteroatoms. The van der Waals surface area contributed by atoms with E-state index in [0.717, 1.165) is 11.0 Å². The van der Waals surface area contributed by atoms with E-state index in [-0.39, 0.29) is 18.1 Å². The minimum Gasteiger partial charge on any atom is -0.322 e. The van der Waals surface area contributed by atoms with Gasteiger partial charge in [0.05, 0.1) is 26.8 Å². The van der Waals surface area contributed by atoms with Crippen LogP contribution in [0.4, 0.5) is 5.69 Å². The van der Waals surface area contributed by atoms with E-state index in [1.165, 1.54) is 0 Å². The summed E-state index contributed by atoms with van der Waals surface area (Å²) in [5.41, 5.74) is 2.33. The van der Waals surface area contributed by atoms with Crippen molar-refractivity contribution in [3.8, 4) is 0 Å². The van der Waals surface area contributed by atoms with Gasteiger partial charge < -0.3 is 14.5 Å². The highest BCUT2D eigenvalue weighted by molar-refractivity contribution is 6.39. The van der Waals surface area contributed by atoms with Crippen molar-refractivity contribution in [2.24, 2.45) is 7.05 Å². The van der Waals surface area contributed by atoms with Gasteiger partial charge in [-0.25, -0.2) is 0 Å². The molecule has 0 atom stereocenters. The molecule has 0 spiro atoms. The second-order valence-electron chi connectivity index (χ2n) is 5.10. The van der Waals surface area contributed by atoms with Crippen LogP contribution in [0.5, 0.6) is 0 Å². The SMILES string of the molecule is Cn1c(=N)n(CC(=O)Nc2c(Cl)cccc2Cl)c2ccccc21. The molecule has 5 nitrogen and oxygen atoms in total. The molecule has 23 heavy (non-hydrogen) atoms. The predicted molar refractivity (Wildman–Crippen MR) is 91.9 cm³/mol. The number of carbonyl (C=O) groups excluding carboxylic acids is 1. The van der Waals surface area contributed by atoms with Gasteiger partial charge in [0.2, 0.25) is 11.5 Å². The number of anilines is 1. The van der Waals surface area contributed by atoms with Crippen LogP contribution in [0, 0.1) is 5.41 Å². The quantitative estimate of drug-likeness (QED) is 0.748. The van der Waals surface area contributed by atoms with Crippen LogP contribution in [0.2, 0.25) is 10.0 Å². The molecule has 0 unspecified atom stereocenters. The normalized spacial score (nSPS) is 10.9. The van der Waals surface area contributed by atoms with E-state index in [9.17, 15) is 4.79 Å². The van der Waals surface area contributed by atoms with Gasteiger partial charge in [0.15, 0.2) is 0 Å².